The van der Waals surface area contributed by atoms with Crippen molar-refractivity contribution in [2.24, 2.45) is 11.5 Å². The van der Waals surface area contributed by atoms with Gasteiger partial charge in [-0.2, -0.15) is 11.8 Å². The molecule has 0 aliphatic carbocycles. The number of hydrogen-bond acceptors (Lipinski definition) is 3. The van der Waals surface area contributed by atoms with E-state index in [1.54, 1.807) is 0 Å². The zero-order valence-electron chi connectivity index (χ0n) is 5.26. The van der Waals surface area contributed by atoms with Crippen molar-refractivity contribution in [2.75, 3.05) is 18.6 Å². The van der Waals surface area contributed by atoms with E-state index in [4.69, 9.17) is 11.5 Å². The standard InChI is InChI=1S/C5H14N2S/c1-8-3-2-5(7)4-6/h5H,2-4,6-7H2,1H3/t5-/m1/s1. The molecule has 0 fully saturated rings. The summed E-state index contributed by atoms with van der Waals surface area (Å²) < 4.78 is 0. The molecular weight excluding hydrogens is 120 g/mol. The average molecular weight is 134 g/mol. The maximum Gasteiger partial charge on any atom is 0.0170 e. The van der Waals surface area contributed by atoms with Crippen LogP contribution in [-0.4, -0.2) is 24.6 Å². The Morgan fingerprint density at radius 2 is 2.25 bits per heavy atom. The second-order valence-electron chi connectivity index (χ2n) is 1.78. The van der Waals surface area contributed by atoms with E-state index < -0.39 is 0 Å². The van der Waals surface area contributed by atoms with Crippen molar-refractivity contribution in [1.82, 2.24) is 0 Å². The summed E-state index contributed by atoms with van der Waals surface area (Å²) in [5, 5.41) is 0. The Morgan fingerprint density at radius 1 is 1.62 bits per heavy atom. The summed E-state index contributed by atoms with van der Waals surface area (Å²) in [4.78, 5) is 0. The zero-order chi connectivity index (χ0) is 6.41. The van der Waals surface area contributed by atoms with Gasteiger partial charge in [-0.25, -0.2) is 0 Å². The van der Waals surface area contributed by atoms with Gasteiger partial charge in [-0.15, -0.1) is 0 Å². The monoisotopic (exact) mass is 134 g/mol. The fraction of sp³-hybridized carbons (Fsp3) is 1.00. The topological polar surface area (TPSA) is 52.0 Å². The molecule has 0 aliphatic heterocycles. The molecule has 3 heteroatoms. The highest BCUT2D eigenvalue weighted by atomic mass is 32.2. The van der Waals surface area contributed by atoms with Crippen LogP contribution in [0.25, 0.3) is 0 Å². The van der Waals surface area contributed by atoms with E-state index in [1.807, 2.05) is 11.8 Å². The molecule has 0 rings (SSSR count). The summed E-state index contributed by atoms with van der Waals surface area (Å²) in [5.74, 6) is 1.12. The van der Waals surface area contributed by atoms with Crippen LogP contribution < -0.4 is 11.5 Å². The predicted octanol–water partition coefficient (Wildman–Crippen LogP) is 0.0255. The third-order valence-electron chi connectivity index (χ3n) is 0.996. The highest BCUT2D eigenvalue weighted by Crippen LogP contribution is 1.96. The van der Waals surface area contributed by atoms with Crippen molar-refractivity contribution in [3.05, 3.63) is 0 Å². The molecule has 8 heavy (non-hydrogen) atoms. The molecular formula is C5H14N2S. The third kappa shape index (κ3) is 4.43. The van der Waals surface area contributed by atoms with Crippen LogP contribution in [0.1, 0.15) is 6.42 Å². The highest BCUT2D eigenvalue weighted by Gasteiger charge is 1.95. The molecule has 0 aromatic heterocycles. The molecule has 0 radical (unpaired) electrons. The summed E-state index contributed by atoms with van der Waals surface area (Å²) in [6.07, 6.45) is 3.11. The molecule has 0 aromatic rings. The van der Waals surface area contributed by atoms with Gasteiger partial charge in [0.25, 0.3) is 0 Å². The lowest BCUT2D eigenvalue weighted by Crippen LogP contribution is -2.29. The molecule has 50 valence electrons. The van der Waals surface area contributed by atoms with Crippen LogP contribution in [0.15, 0.2) is 0 Å². The van der Waals surface area contributed by atoms with E-state index in [9.17, 15) is 0 Å². The number of rotatable bonds is 4. The van der Waals surface area contributed by atoms with Crippen LogP contribution in [0.4, 0.5) is 0 Å². The van der Waals surface area contributed by atoms with Gasteiger partial charge in [-0.3, -0.25) is 0 Å². The van der Waals surface area contributed by atoms with Gasteiger partial charge in [-0.1, -0.05) is 0 Å². The largest absolute Gasteiger partial charge is 0.329 e. The normalized spacial score (nSPS) is 13.9. The van der Waals surface area contributed by atoms with Gasteiger partial charge in [0.05, 0.1) is 0 Å². The summed E-state index contributed by atoms with van der Waals surface area (Å²) >= 11 is 1.81. The van der Waals surface area contributed by atoms with E-state index in [-0.39, 0.29) is 6.04 Å². The summed E-state index contributed by atoms with van der Waals surface area (Å²) in [5.41, 5.74) is 10.8. The Balaban J connectivity index is 2.86. The summed E-state index contributed by atoms with van der Waals surface area (Å²) in [6.45, 7) is 0.612. The fourth-order valence-corrected chi connectivity index (χ4v) is 0.926. The Hall–Kier alpha value is 0.270. The first-order valence-electron chi connectivity index (χ1n) is 2.76. The van der Waals surface area contributed by atoms with Crippen molar-refractivity contribution < 1.29 is 0 Å². The van der Waals surface area contributed by atoms with E-state index >= 15 is 0 Å². The Kier molecular flexibility index (Phi) is 5.59. The van der Waals surface area contributed by atoms with Crippen molar-refractivity contribution in [3.63, 3.8) is 0 Å². The van der Waals surface area contributed by atoms with Crippen molar-refractivity contribution in [1.29, 1.82) is 0 Å². The molecule has 2 nitrogen and oxygen atoms in total. The predicted molar refractivity (Wildman–Crippen MR) is 40.0 cm³/mol. The van der Waals surface area contributed by atoms with Gasteiger partial charge in [0, 0.05) is 12.6 Å². The first-order valence-corrected chi connectivity index (χ1v) is 4.15. The van der Waals surface area contributed by atoms with E-state index in [0.717, 1.165) is 12.2 Å². The summed E-state index contributed by atoms with van der Waals surface area (Å²) in [7, 11) is 0. The minimum absolute atomic E-state index is 0.211. The SMILES string of the molecule is CSCC[C@@H](N)CN. The van der Waals surface area contributed by atoms with Gasteiger partial charge in [-0.05, 0) is 18.4 Å². The van der Waals surface area contributed by atoms with Crippen LogP contribution in [-0.2, 0) is 0 Å². The van der Waals surface area contributed by atoms with Crippen molar-refractivity contribution >= 4 is 11.8 Å². The molecule has 0 amide bonds. The van der Waals surface area contributed by atoms with Crippen LogP contribution in [0.3, 0.4) is 0 Å². The van der Waals surface area contributed by atoms with Gasteiger partial charge < -0.3 is 11.5 Å². The molecule has 0 spiro atoms. The third-order valence-corrected chi connectivity index (χ3v) is 1.64. The van der Waals surface area contributed by atoms with Gasteiger partial charge >= 0.3 is 0 Å². The minimum atomic E-state index is 0.211. The molecule has 0 unspecified atom stereocenters. The second-order valence-corrected chi connectivity index (χ2v) is 2.76. The number of hydrogen-bond donors (Lipinski definition) is 2. The first kappa shape index (κ1) is 8.27. The van der Waals surface area contributed by atoms with Crippen molar-refractivity contribution in [3.8, 4) is 0 Å². The molecule has 0 aromatic carbocycles. The average Bonchev–Trinajstić information content (AvgIpc) is 1.83. The fourth-order valence-electron chi connectivity index (χ4n) is 0.387. The maximum absolute atomic E-state index is 5.52. The lowest BCUT2D eigenvalue weighted by Gasteiger charge is -2.04. The lowest BCUT2D eigenvalue weighted by atomic mass is 10.2. The van der Waals surface area contributed by atoms with Gasteiger partial charge in [0.15, 0.2) is 0 Å². The molecule has 1 atom stereocenters. The van der Waals surface area contributed by atoms with Gasteiger partial charge in [0.2, 0.25) is 0 Å². The Labute approximate surface area is 55.0 Å². The number of thioether (sulfide) groups is 1. The first-order chi connectivity index (χ1) is 3.81. The molecule has 0 bridgehead atoms. The molecule has 0 saturated carbocycles. The van der Waals surface area contributed by atoms with E-state index in [0.29, 0.717) is 6.54 Å². The Bertz CT molecular complexity index is 49.7. The van der Waals surface area contributed by atoms with Crippen LogP contribution in [0.2, 0.25) is 0 Å². The Morgan fingerprint density at radius 3 is 2.62 bits per heavy atom. The summed E-state index contributed by atoms with van der Waals surface area (Å²) in [6, 6.07) is 0.211. The molecule has 4 N–H and O–H groups in total. The molecule has 0 heterocycles. The van der Waals surface area contributed by atoms with Crippen LogP contribution in [0.5, 0.6) is 0 Å². The van der Waals surface area contributed by atoms with E-state index in [1.165, 1.54) is 0 Å². The smallest absolute Gasteiger partial charge is 0.0170 e. The highest BCUT2D eigenvalue weighted by molar-refractivity contribution is 7.98. The second kappa shape index (κ2) is 5.41. The maximum atomic E-state index is 5.52. The van der Waals surface area contributed by atoms with Gasteiger partial charge in [0.1, 0.15) is 0 Å². The number of nitrogens with two attached hydrogens (primary N) is 2. The minimum Gasteiger partial charge on any atom is -0.329 e. The quantitative estimate of drug-likeness (QED) is 0.570. The van der Waals surface area contributed by atoms with Crippen molar-refractivity contribution in [2.45, 2.75) is 12.5 Å². The van der Waals surface area contributed by atoms with Crippen LogP contribution >= 0.6 is 11.8 Å². The molecule has 0 aliphatic rings. The van der Waals surface area contributed by atoms with Crippen LogP contribution in [0, 0.1) is 0 Å². The molecule has 0 saturated heterocycles. The van der Waals surface area contributed by atoms with E-state index in [2.05, 4.69) is 6.26 Å². The lowest BCUT2D eigenvalue weighted by molar-refractivity contribution is 0.665. The zero-order valence-corrected chi connectivity index (χ0v) is 6.08.